The van der Waals surface area contributed by atoms with Crippen LogP contribution in [0.1, 0.15) is 30.9 Å². The number of ether oxygens (including phenoxy) is 4. The Balaban J connectivity index is 0.00000385. The number of nitrogens with zero attached hydrogens (tertiary/aromatic N) is 1. The van der Waals surface area contributed by atoms with Crippen LogP contribution in [0.2, 0.25) is 0 Å². The summed E-state index contributed by atoms with van der Waals surface area (Å²) in [5, 5.41) is 6.93. The molecular formula is C25H36IN3O4. The van der Waals surface area contributed by atoms with Gasteiger partial charge in [0.2, 0.25) is 0 Å². The lowest BCUT2D eigenvalue weighted by atomic mass is 9.74. The Morgan fingerprint density at radius 1 is 1.00 bits per heavy atom. The van der Waals surface area contributed by atoms with Crippen molar-refractivity contribution >= 4 is 29.9 Å². The van der Waals surface area contributed by atoms with Crippen LogP contribution in [0.25, 0.3) is 0 Å². The van der Waals surface area contributed by atoms with Crippen LogP contribution in [0.3, 0.4) is 0 Å². The smallest absolute Gasteiger partial charge is 0.191 e. The summed E-state index contributed by atoms with van der Waals surface area (Å²) in [5.74, 6) is 3.20. The highest BCUT2D eigenvalue weighted by Crippen LogP contribution is 2.35. The minimum Gasteiger partial charge on any atom is -0.497 e. The number of rotatable bonds is 9. The molecule has 182 valence electrons. The Bertz CT molecular complexity index is 884. The van der Waals surface area contributed by atoms with E-state index in [1.165, 1.54) is 5.56 Å². The van der Waals surface area contributed by atoms with E-state index in [1.807, 2.05) is 25.1 Å². The number of benzene rings is 2. The highest BCUT2D eigenvalue weighted by atomic mass is 127. The van der Waals surface area contributed by atoms with E-state index in [9.17, 15) is 0 Å². The molecule has 0 atom stereocenters. The standard InChI is InChI=1S/C25H35N3O4.HI/c1-5-32-21-10-7-20(8-11-21)25(12-14-31-15-13-25)18-28-24(26-2)27-17-19-6-9-22(29-3)16-23(19)30-4;/h6-11,16H,5,12-15,17-18H2,1-4H3,(H2,26,27,28);1H. The average molecular weight is 569 g/mol. The van der Waals surface area contributed by atoms with Gasteiger partial charge < -0.3 is 29.6 Å². The van der Waals surface area contributed by atoms with E-state index in [2.05, 4.69) is 39.9 Å². The van der Waals surface area contributed by atoms with Crippen molar-refractivity contribution in [1.82, 2.24) is 10.6 Å². The third kappa shape index (κ3) is 7.14. The van der Waals surface area contributed by atoms with Gasteiger partial charge >= 0.3 is 0 Å². The van der Waals surface area contributed by atoms with Crippen molar-refractivity contribution in [2.75, 3.05) is 47.6 Å². The molecule has 0 bridgehead atoms. The SMILES string of the molecule is CCOc1ccc(C2(CNC(=NC)NCc3ccc(OC)cc3OC)CCOCC2)cc1.I. The molecule has 0 aromatic heterocycles. The molecule has 0 aliphatic carbocycles. The number of aliphatic imine (C=N–C) groups is 1. The third-order valence-corrected chi connectivity index (χ3v) is 5.99. The molecule has 1 fully saturated rings. The van der Waals surface area contributed by atoms with Crippen LogP contribution < -0.4 is 24.8 Å². The first-order valence-electron chi connectivity index (χ1n) is 11.1. The zero-order valence-corrected chi connectivity index (χ0v) is 22.3. The summed E-state index contributed by atoms with van der Waals surface area (Å²) < 4.78 is 22.1. The Morgan fingerprint density at radius 3 is 2.30 bits per heavy atom. The van der Waals surface area contributed by atoms with Crippen LogP contribution in [0.15, 0.2) is 47.5 Å². The highest BCUT2D eigenvalue weighted by Gasteiger charge is 2.34. The quantitative estimate of drug-likeness (QED) is 0.269. The Kier molecular flexibility index (Phi) is 11.1. The lowest BCUT2D eigenvalue weighted by Gasteiger charge is -2.38. The van der Waals surface area contributed by atoms with Gasteiger partial charge in [0, 0.05) is 50.4 Å². The molecule has 3 rings (SSSR count). The van der Waals surface area contributed by atoms with Gasteiger partial charge in [0.1, 0.15) is 17.2 Å². The van der Waals surface area contributed by atoms with Gasteiger partial charge in [-0.25, -0.2) is 0 Å². The lowest BCUT2D eigenvalue weighted by molar-refractivity contribution is 0.0513. The molecule has 1 aliphatic heterocycles. The minimum atomic E-state index is -0.0155. The Morgan fingerprint density at radius 2 is 1.70 bits per heavy atom. The monoisotopic (exact) mass is 569 g/mol. The fourth-order valence-electron chi connectivity index (χ4n) is 4.05. The minimum absolute atomic E-state index is 0. The molecule has 7 nitrogen and oxygen atoms in total. The Labute approximate surface area is 214 Å². The molecule has 0 amide bonds. The molecule has 0 radical (unpaired) electrons. The maximum absolute atomic E-state index is 5.67. The van der Waals surface area contributed by atoms with Gasteiger partial charge in [-0.3, -0.25) is 4.99 Å². The number of halogens is 1. The van der Waals surface area contributed by atoms with E-state index >= 15 is 0 Å². The van der Waals surface area contributed by atoms with E-state index in [1.54, 1.807) is 21.3 Å². The van der Waals surface area contributed by atoms with Gasteiger partial charge in [0.25, 0.3) is 0 Å². The molecule has 1 heterocycles. The molecule has 1 saturated heterocycles. The van der Waals surface area contributed by atoms with E-state index in [0.717, 1.165) is 61.4 Å². The molecule has 1 aliphatic rings. The van der Waals surface area contributed by atoms with E-state index in [-0.39, 0.29) is 29.4 Å². The van der Waals surface area contributed by atoms with E-state index < -0.39 is 0 Å². The maximum atomic E-state index is 5.67. The summed E-state index contributed by atoms with van der Waals surface area (Å²) >= 11 is 0. The molecule has 0 unspecified atom stereocenters. The van der Waals surface area contributed by atoms with Gasteiger partial charge in [-0.2, -0.15) is 0 Å². The van der Waals surface area contributed by atoms with Crippen LogP contribution >= 0.6 is 24.0 Å². The van der Waals surface area contributed by atoms with Crippen LogP contribution in [0.4, 0.5) is 0 Å². The zero-order valence-electron chi connectivity index (χ0n) is 20.0. The number of hydrogen-bond donors (Lipinski definition) is 2. The van der Waals surface area contributed by atoms with Gasteiger partial charge in [-0.1, -0.05) is 12.1 Å². The second-order valence-corrected chi connectivity index (χ2v) is 7.81. The predicted molar refractivity (Wildman–Crippen MR) is 143 cm³/mol. The zero-order chi connectivity index (χ0) is 22.8. The van der Waals surface area contributed by atoms with Crippen LogP contribution in [-0.4, -0.2) is 53.6 Å². The summed E-state index contributed by atoms with van der Waals surface area (Å²) in [6, 6.07) is 14.3. The first-order valence-corrected chi connectivity index (χ1v) is 11.1. The van der Waals surface area contributed by atoms with Crippen LogP contribution in [0, 0.1) is 0 Å². The van der Waals surface area contributed by atoms with Crippen molar-refractivity contribution in [2.45, 2.75) is 31.7 Å². The van der Waals surface area contributed by atoms with Crippen molar-refractivity contribution < 1.29 is 18.9 Å². The second kappa shape index (κ2) is 13.5. The normalized spacial score (nSPS) is 15.2. The van der Waals surface area contributed by atoms with Gasteiger partial charge in [0.05, 0.1) is 20.8 Å². The lowest BCUT2D eigenvalue weighted by Crippen LogP contribution is -2.47. The van der Waals surface area contributed by atoms with Crippen molar-refractivity contribution in [3.05, 3.63) is 53.6 Å². The van der Waals surface area contributed by atoms with E-state index in [0.29, 0.717) is 13.2 Å². The molecular weight excluding hydrogens is 533 g/mol. The number of guanidine groups is 1. The van der Waals surface area contributed by atoms with Crippen molar-refractivity contribution in [3.8, 4) is 17.2 Å². The Hall–Kier alpha value is -2.20. The first kappa shape index (κ1) is 27.0. The van der Waals surface area contributed by atoms with Crippen LogP contribution in [-0.2, 0) is 16.7 Å². The van der Waals surface area contributed by atoms with Gasteiger partial charge in [-0.05, 0) is 49.6 Å². The molecule has 0 spiro atoms. The highest BCUT2D eigenvalue weighted by molar-refractivity contribution is 14.0. The maximum Gasteiger partial charge on any atom is 0.191 e. The molecule has 2 N–H and O–H groups in total. The van der Waals surface area contributed by atoms with E-state index in [4.69, 9.17) is 18.9 Å². The molecule has 33 heavy (non-hydrogen) atoms. The summed E-state index contributed by atoms with van der Waals surface area (Å²) in [5.41, 5.74) is 2.31. The fourth-order valence-corrected chi connectivity index (χ4v) is 4.05. The molecule has 8 heteroatoms. The summed E-state index contributed by atoms with van der Waals surface area (Å²) in [4.78, 5) is 4.42. The van der Waals surface area contributed by atoms with Crippen molar-refractivity contribution in [2.24, 2.45) is 4.99 Å². The summed E-state index contributed by atoms with van der Waals surface area (Å²) in [6.07, 6.45) is 1.91. The van der Waals surface area contributed by atoms with Gasteiger partial charge in [-0.15, -0.1) is 24.0 Å². The molecule has 0 saturated carbocycles. The molecule has 2 aromatic carbocycles. The first-order chi connectivity index (χ1) is 15.6. The van der Waals surface area contributed by atoms with Crippen LogP contribution in [0.5, 0.6) is 17.2 Å². The number of nitrogens with one attached hydrogen (secondary N) is 2. The largest absolute Gasteiger partial charge is 0.497 e. The fraction of sp³-hybridized carbons (Fsp3) is 0.480. The van der Waals surface area contributed by atoms with Crippen molar-refractivity contribution in [1.29, 1.82) is 0 Å². The number of hydrogen-bond acceptors (Lipinski definition) is 5. The third-order valence-electron chi connectivity index (χ3n) is 5.99. The summed E-state index contributed by atoms with van der Waals surface area (Å²) in [6.45, 7) is 5.53. The summed E-state index contributed by atoms with van der Waals surface area (Å²) in [7, 11) is 5.10. The van der Waals surface area contributed by atoms with Crippen molar-refractivity contribution in [3.63, 3.8) is 0 Å². The average Bonchev–Trinajstić information content (AvgIpc) is 2.85. The molecule has 2 aromatic rings. The topological polar surface area (TPSA) is 73.3 Å². The second-order valence-electron chi connectivity index (χ2n) is 7.81. The predicted octanol–water partition coefficient (Wildman–Crippen LogP) is 4.13. The van der Waals surface area contributed by atoms with Gasteiger partial charge in [0.15, 0.2) is 5.96 Å². The number of methoxy groups -OCH3 is 2.